The predicted octanol–water partition coefficient (Wildman–Crippen LogP) is 6.13. The van der Waals surface area contributed by atoms with E-state index in [1.54, 1.807) is 60.6 Å². The number of H-pyrrole nitrogens is 1. The summed E-state index contributed by atoms with van der Waals surface area (Å²) >= 11 is 0. The lowest BCUT2D eigenvalue weighted by Crippen LogP contribution is -2.65. The van der Waals surface area contributed by atoms with E-state index >= 15 is 0 Å². The Hall–Kier alpha value is -3.84. The number of aromatic nitrogens is 1. The van der Waals surface area contributed by atoms with Crippen molar-refractivity contribution >= 4 is 25.2 Å². The molecule has 1 aromatic carbocycles. The van der Waals surface area contributed by atoms with Crippen LogP contribution in [0.3, 0.4) is 0 Å². The van der Waals surface area contributed by atoms with Crippen molar-refractivity contribution in [3.05, 3.63) is 57.0 Å². The molecule has 51 heavy (non-hydrogen) atoms. The maximum absolute atomic E-state index is 13.9. The van der Waals surface area contributed by atoms with Gasteiger partial charge in [0.05, 0.1) is 24.8 Å². The molecule has 1 amide bonds. The van der Waals surface area contributed by atoms with E-state index in [-0.39, 0.29) is 58.3 Å². The number of aryl methyl sites for hydroxylation is 2. The van der Waals surface area contributed by atoms with E-state index < -0.39 is 42.5 Å². The van der Waals surface area contributed by atoms with E-state index in [1.165, 1.54) is 17.2 Å². The molecule has 13 heteroatoms. The summed E-state index contributed by atoms with van der Waals surface area (Å²) in [5, 5.41) is 0. The number of pyridine rings is 1. The van der Waals surface area contributed by atoms with E-state index in [0.717, 1.165) is 12.8 Å². The molecule has 12 nitrogen and oxygen atoms in total. The van der Waals surface area contributed by atoms with Gasteiger partial charge in [0.2, 0.25) is 0 Å². The van der Waals surface area contributed by atoms with Crippen molar-refractivity contribution in [1.29, 1.82) is 0 Å². The second-order valence-corrected chi connectivity index (χ2v) is 17.3. The highest BCUT2D eigenvalue weighted by molar-refractivity contribution is 6.45. The monoisotopic (exact) mass is 706 g/mol. The average molecular weight is 707 g/mol. The van der Waals surface area contributed by atoms with E-state index in [1.807, 2.05) is 0 Å². The molecule has 2 saturated heterocycles. The smallest absolute Gasteiger partial charge is 0.486 e. The first-order chi connectivity index (χ1) is 23.6. The molecule has 1 aromatic heterocycles. The third kappa shape index (κ3) is 7.42. The van der Waals surface area contributed by atoms with Gasteiger partial charge in [-0.25, -0.2) is 9.59 Å². The number of ether oxygens (including phenoxy) is 4. The van der Waals surface area contributed by atoms with Gasteiger partial charge in [0.15, 0.2) is 11.2 Å². The summed E-state index contributed by atoms with van der Waals surface area (Å²) in [6.07, 6.45) is 2.86. The van der Waals surface area contributed by atoms with Crippen LogP contribution in [0.1, 0.15) is 107 Å². The molecule has 4 atom stereocenters. The van der Waals surface area contributed by atoms with Crippen molar-refractivity contribution in [2.45, 2.75) is 124 Å². The third-order valence-electron chi connectivity index (χ3n) is 10.7. The summed E-state index contributed by atoms with van der Waals surface area (Å²) in [7, 11) is -0.468. The fourth-order valence-corrected chi connectivity index (χ4v) is 8.01. The maximum atomic E-state index is 13.9. The minimum Gasteiger partial charge on any atom is -0.486 e. The zero-order chi connectivity index (χ0) is 37.3. The Morgan fingerprint density at radius 2 is 1.71 bits per heavy atom. The molecule has 3 aliphatic carbocycles. The van der Waals surface area contributed by atoms with Gasteiger partial charge in [-0.05, 0) is 110 Å². The van der Waals surface area contributed by atoms with Gasteiger partial charge in [0.25, 0.3) is 5.91 Å². The minimum absolute atomic E-state index is 0.0168. The summed E-state index contributed by atoms with van der Waals surface area (Å²) in [6, 6.07) is 4.78. The number of hydrogen-bond donors (Lipinski definition) is 1. The van der Waals surface area contributed by atoms with Crippen molar-refractivity contribution in [2.24, 2.45) is 17.3 Å². The molecular weight excluding hydrogens is 655 g/mol. The van der Waals surface area contributed by atoms with Crippen LogP contribution in [0.4, 0.5) is 4.79 Å². The number of likely N-dealkylation sites (tertiary alicyclic amines) is 1. The van der Waals surface area contributed by atoms with Gasteiger partial charge in [-0.3, -0.25) is 9.59 Å². The molecule has 2 aliphatic heterocycles. The number of carbonyl (C=O) groups excluding carboxylic acids is 3. The second-order valence-electron chi connectivity index (χ2n) is 17.3. The highest BCUT2D eigenvalue weighted by atomic mass is 16.7. The summed E-state index contributed by atoms with van der Waals surface area (Å²) in [6.45, 7) is 19.3. The number of nitrogens with one attached hydrogen (secondary N) is 1. The highest BCUT2D eigenvalue weighted by Crippen LogP contribution is 2.65. The molecule has 2 bridgehead atoms. The number of hydrogen-bond acceptors (Lipinski definition) is 10. The molecule has 5 fully saturated rings. The van der Waals surface area contributed by atoms with Crippen LogP contribution in [0.5, 0.6) is 11.5 Å². The van der Waals surface area contributed by atoms with Gasteiger partial charge in [-0.2, -0.15) is 0 Å². The third-order valence-corrected chi connectivity index (χ3v) is 10.7. The lowest BCUT2D eigenvalue weighted by molar-refractivity contribution is -0.199. The summed E-state index contributed by atoms with van der Waals surface area (Å²) in [5.41, 5.74) is -1.09. The van der Waals surface area contributed by atoms with Crippen LogP contribution < -0.4 is 14.9 Å². The van der Waals surface area contributed by atoms with E-state index in [0.29, 0.717) is 35.8 Å². The second kappa shape index (κ2) is 13.0. The van der Waals surface area contributed by atoms with Crippen LogP contribution in [-0.4, -0.2) is 77.1 Å². The first kappa shape index (κ1) is 36.9. The molecule has 7 rings (SSSR count). The molecule has 0 unspecified atom stereocenters. The van der Waals surface area contributed by atoms with Gasteiger partial charge in [-0.1, -0.05) is 19.9 Å². The van der Waals surface area contributed by atoms with E-state index in [9.17, 15) is 19.2 Å². The molecule has 5 aliphatic rings. The van der Waals surface area contributed by atoms with E-state index in [4.69, 9.17) is 28.3 Å². The van der Waals surface area contributed by atoms with Gasteiger partial charge in [0.1, 0.15) is 34.2 Å². The molecule has 1 N–H and O–H groups in total. The number of esters is 1. The standard InChI is InChI=1S/C38H51BN2O10/c1-21-15-26(42)25(18-40-21)32(43)41-19-24(20-41)46-27-12-11-22(13-14-39-50-29-17-23-16-28(37(23,8)9)38(29,10)51-39)31(47-34(45)49-36(5,6)7)30(27)33(44)48-35(2,3)4/h11-12,15,18,23-24,28-29H,13-14,16-17,19-20H2,1-10H3,(H,40,42)/t23-,28-,29+,38-/m0/s1. The van der Waals surface area contributed by atoms with Crippen molar-refractivity contribution in [3.8, 4) is 11.5 Å². The summed E-state index contributed by atoms with van der Waals surface area (Å²) in [4.78, 5) is 56.9. The highest BCUT2D eigenvalue weighted by Gasteiger charge is 2.67. The molecule has 2 aromatic rings. The topological polar surface area (TPSA) is 143 Å². The van der Waals surface area contributed by atoms with Crippen molar-refractivity contribution < 1.29 is 42.6 Å². The Balaban J connectivity index is 1.26. The Bertz CT molecular complexity index is 1770. The molecule has 0 spiro atoms. The Kier molecular flexibility index (Phi) is 9.40. The molecule has 3 heterocycles. The fourth-order valence-electron chi connectivity index (χ4n) is 8.01. The van der Waals surface area contributed by atoms with Crippen molar-refractivity contribution in [2.75, 3.05) is 13.1 Å². The van der Waals surface area contributed by atoms with Crippen LogP contribution >= 0.6 is 0 Å². The predicted molar refractivity (Wildman–Crippen MR) is 189 cm³/mol. The first-order valence-electron chi connectivity index (χ1n) is 17.9. The van der Waals surface area contributed by atoms with Crippen LogP contribution in [0.25, 0.3) is 0 Å². The van der Waals surface area contributed by atoms with Gasteiger partial charge in [-0.15, -0.1) is 0 Å². The lowest BCUT2D eigenvalue weighted by Gasteiger charge is -2.64. The Labute approximate surface area is 300 Å². The minimum atomic E-state index is -0.983. The molecule has 0 radical (unpaired) electrons. The largest absolute Gasteiger partial charge is 0.514 e. The zero-order valence-corrected chi connectivity index (χ0v) is 31.5. The van der Waals surface area contributed by atoms with Crippen LogP contribution in [0, 0.1) is 24.2 Å². The molecule has 3 saturated carbocycles. The normalized spacial score (nSPS) is 25.3. The number of aromatic amines is 1. The van der Waals surface area contributed by atoms with Crippen molar-refractivity contribution in [1.82, 2.24) is 9.88 Å². The number of benzene rings is 1. The Morgan fingerprint density at radius 1 is 1.02 bits per heavy atom. The van der Waals surface area contributed by atoms with Gasteiger partial charge < -0.3 is 38.1 Å². The Morgan fingerprint density at radius 3 is 2.33 bits per heavy atom. The van der Waals surface area contributed by atoms with Gasteiger partial charge in [0, 0.05) is 18.0 Å². The van der Waals surface area contributed by atoms with E-state index in [2.05, 4.69) is 25.8 Å². The quantitative estimate of drug-likeness (QED) is 0.194. The fraction of sp³-hybridized carbons (Fsp3) is 0.632. The van der Waals surface area contributed by atoms with Gasteiger partial charge >= 0.3 is 19.2 Å². The van der Waals surface area contributed by atoms with Crippen LogP contribution in [0.15, 0.2) is 29.2 Å². The van der Waals surface area contributed by atoms with Crippen LogP contribution in [-0.2, 0) is 25.2 Å². The summed E-state index contributed by atoms with van der Waals surface area (Å²) in [5.74, 6) is -0.0313. The number of carbonyl (C=O) groups is 3. The lowest BCUT2D eigenvalue weighted by atomic mass is 9.43. The SMILES string of the molecule is Cc1cc(=O)c(C(=O)N2CC(Oc3ccc(CCB4O[C@@H]5C[C@@H]6C[C@@H](C6(C)C)[C@]5(C)O4)c(OC(=O)OC(C)(C)C)c3C(=O)OC(C)(C)C)C2)c[nH]1. The average Bonchev–Trinajstić information content (AvgIpc) is 3.32. The summed E-state index contributed by atoms with van der Waals surface area (Å²) < 4.78 is 36.6. The first-order valence-corrected chi connectivity index (χ1v) is 17.9. The van der Waals surface area contributed by atoms with Crippen LogP contribution in [0.2, 0.25) is 6.32 Å². The molecule has 276 valence electrons. The molecular formula is C38H51BN2O10. The maximum Gasteiger partial charge on any atom is 0.514 e. The number of rotatable bonds is 8. The number of amides is 1. The van der Waals surface area contributed by atoms with Crippen molar-refractivity contribution in [3.63, 3.8) is 0 Å². The number of nitrogens with zero attached hydrogens (tertiary/aromatic N) is 1. The zero-order valence-electron chi connectivity index (χ0n) is 31.5.